The monoisotopic (exact) mass is 438 g/mol. The molecule has 168 valence electrons. The minimum atomic E-state index is -1.04. The van der Waals surface area contributed by atoms with Crippen molar-refractivity contribution in [3.8, 4) is 11.1 Å². The maximum atomic E-state index is 12.2. The highest BCUT2D eigenvalue weighted by Crippen LogP contribution is 2.44. The van der Waals surface area contributed by atoms with Gasteiger partial charge in [0, 0.05) is 24.9 Å². The maximum absolute atomic E-state index is 12.2. The summed E-state index contributed by atoms with van der Waals surface area (Å²) in [6, 6.07) is 16.3. The Kier molecular flexibility index (Phi) is 6.70. The van der Waals surface area contributed by atoms with Crippen molar-refractivity contribution >= 4 is 18.0 Å². The summed E-state index contributed by atoms with van der Waals surface area (Å²) in [5, 5.41) is 14.0. The number of nitrogens with one attached hydrogen (secondary N) is 2. The summed E-state index contributed by atoms with van der Waals surface area (Å²) in [6.07, 6.45) is 0.214. The van der Waals surface area contributed by atoms with Crippen molar-refractivity contribution in [3.63, 3.8) is 0 Å². The van der Waals surface area contributed by atoms with Crippen LogP contribution in [-0.4, -0.2) is 56.0 Å². The lowest BCUT2D eigenvalue weighted by atomic mass is 9.98. The molecule has 3 N–H and O–H groups in total. The Hall–Kier alpha value is -3.39. The Balaban J connectivity index is 1.18. The van der Waals surface area contributed by atoms with Gasteiger partial charge in [-0.3, -0.25) is 4.79 Å². The van der Waals surface area contributed by atoms with Crippen LogP contribution >= 0.6 is 0 Å². The number of carboxylic acids is 1. The van der Waals surface area contributed by atoms with Crippen LogP contribution in [0.1, 0.15) is 23.5 Å². The zero-order chi connectivity index (χ0) is 22.5. The molecule has 0 aromatic heterocycles. The molecule has 2 aromatic rings. The summed E-state index contributed by atoms with van der Waals surface area (Å²) in [5.74, 6) is -1.21. The summed E-state index contributed by atoms with van der Waals surface area (Å²) >= 11 is 0. The largest absolute Gasteiger partial charge is 0.480 e. The van der Waals surface area contributed by atoms with Crippen LogP contribution in [0.15, 0.2) is 48.5 Å². The van der Waals surface area contributed by atoms with Gasteiger partial charge in [0.2, 0.25) is 5.91 Å². The summed E-state index contributed by atoms with van der Waals surface area (Å²) < 4.78 is 10.4. The fraction of sp³-hybridized carbons (Fsp3) is 0.375. The Labute approximate surface area is 185 Å². The number of carbonyl (C=O) groups excluding carboxylic acids is 2. The molecule has 32 heavy (non-hydrogen) atoms. The summed E-state index contributed by atoms with van der Waals surface area (Å²) in [4.78, 5) is 34.7. The van der Waals surface area contributed by atoms with Crippen molar-refractivity contribution in [1.29, 1.82) is 0 Å². The lowest BCUT2D eigenvalue weighted by molar-refractivity contribution is -0.142. The third kappa shape index (κ3) is 5.08. The van der Waals surface area contributed by atoms with Crippen LogP contribution in [0.2, 0.25) is 0 Å². The molecular weight excluding hydrogens is 412 g/mol. The normalized spacial score (nSPS) is 18.4. The SMILES string of the molecule is O=C(O)COCCNC(=O)C1CC1CNC(=O)OCC1c2ccccc2-c2ccccc21. The molecule has 0 aliphatic heterocycles. The summed E-state index contributed by atoms with van der Waals surface area (Å²) in [7, 11) is 0. The number of carbonyl (C=O) groups is 3. The van der Waals surface area contributed by atoms with Crippen LogP contribution in [0.3, 0.4) is 0 Å². The van der Waals surface area contributed by atoms with Crippen LogP contribution in [-0.2, 0) is 19.1 Å². The van der Waals surface area contributed by atoms with E-state index in [0.717, 1.165) is 11.1 Å². The Bertz CT molecular complexity index is 962. The summed E-state index contributed by atoms with van der Waals surface area (Å²) in [6.45, 7) is 0.656. The number of hydrogen-bond donors (Lipinski definition) is 3. The Morgan fingerprint density at radius 1 is 0.969 bits per heavy atom. The van der Waals surface area contributed by atoms with Crippen LogP contribution in [0.25, 0.3) is 11.1 Å². The zero-order valence-corrected chi connectivity index (χ0v) is 17.6. The summed E-state index contributed by atoms with van der Waals surface area (Å²) in [5.41, 5.74) is 4.68. The highest BCUT2D eigenvalue weighted by atomic mass is 16.5. The molecule has 2 aliphatic rings. The third-order valence-corrected chi connectivity index (χ3v) is 5.88. The van der Waals surface area contributed by atoms with Gasteiger partial charge in [-0.15, -0.1) is 0 Å². The number of fused-ring (bicyclic) bond motifs is 3. The average molecular weight is 438 g/mol. The molecule has 2 unspecified atom stereocenters. The van der Waals surface area contributed by atoms with Crippen molar-refractivity contribution in [1.82, 2.24) is 10.6 Å². The fourth-order valence-electron chi connectivity index (χ4n) is 4.20. The van der Waals surface area contributed by atoms with Gasteiger partial charge in [-0.25, -0.2) is 9.59 Å². The van der Waals surface area contributed by atoms with Crippen molar-refractivity contribution in [3.05, 3.63) is 59.7 Å². The van der Waals surface area contributed by atoms with E-state index in [0.29, 0.717) is 13.0 Å². The molecule has 2 aliphatic carbocycles. The first-order valence-electron chi connectivity index (χ1n) is 10.7. The van der Waals surface area contributed by atoms with E-state index >= 15 is 0 Å². The van der Waals surface area contributed by atoms with Crippen molar-refractivity contribution in [2.45, 2.75) is 12.3 Å². The number of rotatable bonds is 10. The van der Waals surface area contributed by atoms with E-state index in [2.05, 4.69) is 34.9 Å². The van der Waals surface area contributed by atoms with Gasteiger partial charge in [-0.1, -0.05) is 48.5 Å². The number of hydrogen-bond acceptors (Lipinski definition) is 5. The van der Waals surface area contributed by atoms with Gasteiger partial charge in [-0.2, -0.15) is 0 Å². The van der Waals surface area contributed by atoms with Gasteiger partial charge in [-0.05, 0) is 34.6 Å². The number of amides is 2. The van der Waals surface area contributed by atoms with Crippen LogP contribution in [0.4, 0.5) is 4.79 Å². The number of carboxylic acid groups (broad SMARTS) is 1. The van der Waals surface area contributed by atoms with Gasteiger partial charge in [0.05, 0.1) is 6.61 Å². The third-order valence-electron chi connectivity index (χ3n) is 5.88. The molecule has 0 spiro atoms. The van der Waals surface area contributed by atoms with Crippen LogP contribution in [0.5, 0.6) is 0 Å². The van der Waals surface area contributed by atoms with E-state index in [-0.39, 0.29) is 50.0 Å². The molecule has 0 bridgehead atoms. The number of ether oxygens (including phenoxy) is 2. The second-order valence-electron chi connectivity index (χ2n) is 8.05. The van der Waals surface area contributed by atoms with Crippen molar-refractivity contribution in [2.75, 3.05) is 32.9 Å². The second kappa shape index (κ2) is 9.82. The molecule has 2 atom stereocenters. The molecule has 4 rings (SSSR count). The molecule has 0 heterocycles. The molecule has 8 nitrogen and oxygen atoms in total. The van der Waals surface area contributed by atoms with E-state index in [4.69, 9.17) is 14.6 Å². The topological polar surface area (TPSA) is 114 Å². The second-order valence-corrected chi connectivity index (χ2v) is 8.05. The van der Waals surface area contributed by atoms with E-state index in [1.807, 2.05) is 24.3 Å². The van der Waals surface area contributed by atoms with Crippen molar-refractivity contribution < 1.29 is 29.0 Å². The lowest BCUT2D eigenvalue weighted by Gasteiger charge is -2.14. The first kappa shape index (κ1) is 21.8. The molecule has 2 aromatic carbocycles. The molecule has 8 heteroatoms. The predicted molar refractivity (Wildman–Crippen MR) is 116 cm³/mol. The highest BCUT2D eigenvalue weighted by Gasteiger charge is 2.42. The van der Waals surface area contributed by atoms with Crippen LogP contribution in [0, 0.1) is 11.8 Å². The van der Waals surface area contributed by atoms with Gasteiger partial charge < -0.3 is 25.2 Å². The van der Waals surface area contributed by atoms with Gasteiger partial charge in [0.25, 0.3) is 0 Å². The van der Waals surface area contributed by atoms with E-state index < -0.39 is 12.1 Å². The van der Waals surface area contributed by atoms with Gasteiger partial charge in [0.15, 0.2) is 0 Å². The van der Waals surface area contributed by atoms with Crippen molar-refractivity contribution in [2.24, 2.45) is 11.8 Å². The zero-order valence-electron chi connectivity index (χ0n) is 17.6. The molecule has 2 amide bonds. The van der Waals surface area contributed by atoms with E-state index in [9.17, 15) is 14.4 Å². The number of aliphatic carboxylic acids is 1. The first-order chi connectivity index (χ1) is 15.5. The number of alkyl carbamates (subject to hydrolysis) is 1. The molecule has 0 radical (unpaired) electrons. The molecule has 1 fully saturated rings. The highest BCUT2D eigenvalue weighted by molar-refractivity contribution is 5.82. The van der Waals surface area contributed by atoms with Crippen LogP contribution < -0.4 is 10.6 Å². The Morgan fingerprint density at radius 2 is 1.62 bits per heavy atom. The molecule has 0 saturated heterocycles. The maximum Gasteiger partial charge on any atom is 0.407 e. The van der Waals surface area contributed by atoms with Gasteiger partial charge in [0.1, 0.15) is 13.2 Å². The predicted octanol–water partition coefficient (Wildman–Crippen LogP) is 2.38. The Morgan fingerprint density at radius 3 is 2.28 bits per heavy atom. The minimum Gasteiger partial charge on any atom is -0.480 e. The van der Waals surface area contributed by atoms with Gasteiger partial charge >= 0.3 is 12.1 Å². The quantitative estimate of drug-likeness (QED) is 0.491. The minimum absolute atomic E-state index is 0.0101. The smallest absolute Gasteiger partial charge is 0.407 e. The standard InChI is InChI=1S/C24H26N2O6/c27-22(28)14-31-10-9-25-23(29)20-11-15(20)12-26-24(30)32-13-21-18-7-3-1-5-16(18)17-6-2-4-8-19(17)21/h1-8,15,20-21H,9-14H2,(H,25,29)(H,26,30)(H,27,28). The first-order valence-corrected chi connectivity index (χ1v) is 10.7. The molecule has 1 saturated carbocycles. The van der Waals surface area contributed by atoms with E-state index in [1.165, 1.54) is 11.1 Å². The van der Waals surface area contributed by atoms with E-state index in [1.54, 1.807) is 0 Å². The molecular formula is C24H26N2O6. The average Bonchev–Trinajstić information content (AvgIpc) is 3.51. The lowest BCUT2D eigenvalue weighted by Crippen LogP contribution is -2.32. The fourth-order valence-corrected chi connectivity index (χ4v) is 4.20. The number of benzene rings is 2.